The fraction of sp³-hybridized carbons (Fsp3) is 0.0625. The first-order valence-electron chi connectivity index (χ1n) is 6.42. The highest BCUT2D eigenvalue weighted by molar-refractivity contribution is 6.31. The number of nitrogens with one attached hydrogen (secondary N) is 2. The lowest BCUT2D eigenvalue weighted by Gasteiger charge is -2.08. The predicted molar refractivity (Wildman–Crippen MR) is 84.7 cm³/mol. The third kappa shape index (κ3) is 4.33. The average Bonchev–Trinajstić information content (AvgIpc) is 2.47. The summed E-state index contributed by atoms with van der Waals surface area (Å²) in [5, 5.41) is 14.2. The van der Waals surface area contributed by atoms with E-state index in [1.807, 2.05) is 0 Å². The molecule has 0 aromatic heterocycles. The van der Waals surface area contributed by atoms with Crippen molar-refractivity contribution in [3.8, 4) is 6.07 Å². The predicted octanol–water partition coefficient (Wildman–Crippen LogP) is 3.44. The summed E-state index contributed by atoms with van der Waals surface area (Å²) in [5.74, 6) is -0.705. The molecule has 2 rings (SSSR count). The van der Waals surface area contributed by atoms with Crippen LogP contribution >= 0.6 is 11.6 Å². The maximum absolute atomic E-state index is 12.1. The second-order valence-corrected chi connectivity index (χ2v) is 4.86. The van der Waals surface area contributed by atoms with Gasteiger partial charge in [0.05, 0.1) is 6.07 Å². The Labute approximate surface area is 132 Å². The Morgan fingerprint density at radius 3 is 2.41 bits per heavy atom. The first-order valence-corrected chi connectivity index (χ1v) is 6.80. The Kier molecular flexibility index (Phi) is 5.12. The molecule has 0 saturated heterocycles. The molecule has 5 nitrogen and oxygen atoms in total. The lowest BCUT2D eigenvalue weighted by Crippen LogP contribution is -2.13. The van der Waals surface area contributed by atoms with Gasteiger partial charge in [0.15, 0.2) is 0 Å². The normalized spacial score (nSPS) is 9.64. The molecule has 0 fully saturated rings. The van der Waals surface area contributed by atoms with Gasteiger partial charge in [-0.05, 0) is 36.4 Å². The van der Waals surface area contributed by atoms with Crippen LogP contribution in [-0.2, 0) is 4.79 Å². The molecular formula is C16H12ClN3O2. The summed E-state index contributed by atoms with van der Waals surface area (Å²) in [6, 6.07) is 15.0. The maximum Gasteiger partial charge on any atom is 0.255 e. The Morgan fingerprint density at radius 2 is 1.73 bits per heavy atom. The van der Waals surface area contributed by atoms with Crippen LogP contribution in [0.15, 0.2) is 48.5 Å². The third-order valence-corrected chi connectivity index (χ3v) is 2.97. The van der Waals surface area contributed by atoms with Gasteiger partial charge in [0.2, 0.25) is 5.91 Å². The zero-order valence-electron chi connectivity index (χ0n) is 11.5. The van der Waals surface area contributed by atoms with Crippen LogP contribution < -0.4 is 10.6 Å². The van der Waals surface area contributed by atoms with Crippen molar-refractivity contribution in [1.29, 1.82) is 5.26 Å². The number of rotatable bonds is 4. The zero-order chi connectivity index (χ0) is 15.9. The van der Waals surface area contributed by atoms with E-state index in [1.165, 1.54) is 0 Å². The van der Waals surface area contributed by atoms with E-state index in [4.69, 9.17) is 16.9 Å². The molecule has 22 heavy (non-hydrogen) atoms. The first kappa shape index (κ1) is 15.5. The highest BCUT2D eigenvalue weighted by Crippen LogP contribution is 2.17. The summed E-state index contributed by atoms with van der Waals surface area (Å²) < 4.78 is 0. The Bertz CT molecular complexity index is 753. The van der Waals surface area contributed by atoms with Crippen molar-refractivity contribution < 1.29 is 9.59 Å². The molecule has 2 aromatic rings. The van der Waals surface area contributed by atoms with Crippen molar-refractivity contribution in [2.75, 3.05) is 10.6 Å². The molecule has 6 heteroatoms. The number of halogens is 1. The summed E-state index contributed by atoms with van der Waals surface area (Å²) in [7, 11) is 0. The van der Waals surface area contributed by atoms with Gasteiger partial charge in [-0.3, -0.25) is 9.59 Å². The van der Waals surface area contributed by atoms with Crippen LogP contribution in [0.2, 0.25) is 5.02 Å². The van der Waals surface area contributed by atoms with E-state index in [0.717, 1.165) is 0 Å². The van der Waals surface area contributed by atoms with E-state index < -0.39 is 5.91 Å². The molecule has 0 bridgehead atoms. The molecule has 0 unspecified atom stereocenters. The zero-order valence-corrected chi connectivity index (χ0v) is 12.2. The molecule has 0 radical (unpaired) electrons. The number of hydrogen-bond donors (Lipinski definition) is 2. The topological polar surface area (TPSA) is 82.0 Å². The van der Waals surface area contributed by atoms with Crippen LogP contribution in [0.5, 0.6) is 0 Å². The van der Waals surface area contributed by atoms with Gasteiger partial charge in [0.1, 0.15) is 6.42 Å². The highest BCUT2D eigenvalue weighted by atomic mass is 35.5. The Hall–Kier alpha value is -2.84. The smallest absolute Gasteiger partial charge is 0.255 e. The molecule has 0 aliphatic heterocycles. The molecule has 0 saturated carbocycles. The SMILES string of the molecule is N#CCC(=O)Nc1cccc(NC(=O)c2cccc(Cl)c2)c1. The van der Waals surface area contributed by atoms with Gasteiger partial charge in [-0.15, -0.1) is 0 Å². The lowest BCUT2D eigenvalue weighted by molar-refractivity contribution is -0.115. The largest absolute Gasteiger partial charge is 0.325 e. The monoisotopic (exact) mass is 313 g/mol. The molecule has 110 valence electrons. The summed E-state index contributed by atoms with van der Waals surface area (Å²) in [4.78, 5) is 23.5. The van der Waals surface area contributed by atoms with Crippen LogP contribution in [0.4, 0.5) is 11.4 Å². The Balaban J connectivity index is 2.09. The number of carbonyl (C=O) groups excluding carboxylic acids is 2. The van der Waals surface area contributed by atoms with Gasteiger partial charge in [-0.25, -0.2) is 0 Å². The van der Waals surface area contributed by atoms with Crippen molar-refractivity contribution in [3.05, 3.63) is 59.1 Å². The second kappa shape index (κ2) is 7.25. The van der Waals surface area contributed by atoms with Gasteiger partial charge in [-0.2, -0.15) is 5.26 Å². The van der Waals surface area contributed by atoms with Crippen LogP contribution in [0.1, 0.15) is 16.8 Å². The molecule has 2 amide bonds. The van der Waals surface area contributed by atoms with Crippen molar-refractivity contribution in [2.45, 2.75) is 6.42 Å². The fourth-order valence-corrected chi connectivity index (χ4v) is 1.97. The van der Waals surface area contributed by atoms with Crippen LogP contribution in [0.3, 0.4) is 0 Å². The minimum Gasteiger partial charge on any atom is -0.325 e. The highest BCUT2D eigenvalue weighted by Gasteiger charge is 2.07. The summed E-state index contributed by atoms with van der Waals surface area (Å²) in [5.41, 5.74) is 1.47. The minimum atomic E-state index is -0.402. The van der Waals surface area contributed by atoms with Crippen LogP contribution in [0.25, 0.3) is 0 Å². The molecule has 0 aliphatic carbocycles. The number of hydrogen-bond acceptors (Lipinski definition) is 3. The first-order chi connectivity index (χ1) is 10.6. The number of benzene rings is 2. The average molecular weight is 314 g/mol. The van der Waals surface area contributed by atoms with Crippen molar-refractivity contribution in [3.63, 3.8) is 0 Å². The number of nitrogens with zero attached hydrogens (tertiary/aromatic N) is 1. The van der Waals surface area contributed by atoms with Gasteiger partial charge in [0, 0.05) is 22.0 Å². The third-order valence-electron chi connectivity index (χ3n) is 2.73. The molecule has 0 spiro atoms. The van der Waals surface area contributed by atoms with E-state index in [0.29, 0.717) is 22.0 Å². The molecule has 2 N–H and O–H groups in total. The number of amides is 2. The van der Waals surface area contributed by atoms with Crippen molar-refractivity contribution in [2.24, 2.45) is 0 Å². The van der Waals surface area contributed by atoms with Gasteiger partial charge < -0.3 is 10.6 Å². The van der Waals surface area contributed by atoms with Crippen molar-refractivity contribution in [1.82, 2.24) is 0 Å². The van der Waals surface area contributed by atoms with Gasteiger partial charge in [0.25, 0.3) is 5.91 Å². The van der Waals surface area contributed by atoms with E-state index in [1.54, 1.807) is 54.6 Å². The van der Waals surface area contributed by atoms with E-state index >= 15 is 0 Å². The second-order valence-electron chi connectivity index (χ2n) is 4.43. The van der Waals surface area contributed by atoms with E-state index in [9.17, 15) is 9.59 Å². The molecule has 0 atom stereocenters. The number of anilines is 2. The standard InChI is InChI=1S/C16H12ClN3O2/c17-12-4-1-3-11(9-12)16(22)20-14-6-2-5-13(10-14)19-15(21)7-8-18/h1-6,9-10H,7H2,(H,19,21)(H,20,22). The lowest BCUT2D eigenvalue weighted by atomic mass is 10.2. The van der Waals surface area contributed by atoms with Gasteiger partial charge >= 0.3 is 0 Å². The molecule has 2 aromatic carbocycles. The summed E-state index contributed by atoms with van der Waals surface area (Å²) in [6.07, 6.45) is -0.223. The summed E-state index contributed by atoms with van der Waals surface area (Å²) in [6.45, 7) is 0. The Morgan fingerprint density at radius 1 is 1.05 bits per heavy atom. The van der Waals surface area contributed by atoms with E-state index in [-0.39, 0.29) is 12.3 Å². The molecule has 0 heterocycles. The minimum absolute atomic E-state index is 0.223. The number of carbonyl (C=O) groups is 2. The van der Waals surface area contributed by atoms with Crippen LogP contribution in [-0.4, -0.2) is 11.8 Å². The quantitative estimate of drug-likeness (QED) is 0.907. The van der Waals surface area contributed by atoms with Crippen LogP contribution in [0, 0.1) is 11.3 Å². The van der Waals surface area contributed by atoms with E-state index in [2.05, 4.69) is 10.6 Å². The molecule has 0 aliphatic rings. The molecular weight excluding hydrogens is 302 g/mol. The van der Waals surface area contributed by atoms with Gasteiger partial charge in [-0.1, -0.05) is 23.7 Å². The fourth-order valence-electron chi connectivity index (χ4n) is 1.78. The summed E-state index contributed by atoms with van der Waals surface area (Å²) >= 11 is 5.85. The maximum atomic E-state index is 12.1. The van der Waals surface area contributed by atoms with Crippen molar-refractivity contribution >= 4 is 34.8 Å². The number of nitriles is 1.